The topological polar surface area (TPSA) is 113 Å². The maximum atomic E-state index is 12.4. The fourth-order valence-electron chi connectivity index (χ4n) is 3.48. The van der Waals surface area contributed by atoms with Crippen LogP contribution in [0.25, 0.3) is 21.8 Å². The van der Waals surface area contributed by atoms with Crippen LogP contribution in [0.5, 0.6) is 0 Å². The van der Waals surface area contributed by atoms with Gasteiger partial charge in [0.25, 0.3) is 5.91 Å². The van der Waals surface area contributed by atoms with E-state index in [1.54, 1.807) is 12.3 Å². The second-order valence-electron chi connectivity index (χ2n) is 7.05. The number of H-pyrrole nitrogens is 2. The molecule has 8 heteroatoms. The highest BCUT2D eigenvalue weighted by Gasteiger charge is 2.24. The number of hydrogen-bond donors (Lipinski definition) is 3. The van der Waals surface area contributed by atoms with Crippen LogP contribution in [-0.2, 0) is 25.5 Å². The largest absolute Gasteiger partial charge is 0.467 e. The minimum atomic E-state index is -0.913. The Morgan fingerprint density at radius 3 is 2.55 bits per heavy atom. The van der Waals surface area contributed by atoms with Crippen LogP contribution in [0.15, 0.2) is 60.8 Å². The van der Waals surface area contributed by atoms with Crippen molar-refractivity contribution in [3.63, 3.8) is 0 Å². The van der Waals surface area contributed by atoms with Crippen LogP contribution in [0.4, 0.5) is 0 Å². The van der Waals surface area contributed by atoms with Crippen LogP contribution in [0.3, 0.4) is 0 Å². The van der Waals surface area contributed by atoms with E-state index in [9.17, 15) is 14.4 Å². The number of esters is 2. The molecule has 0 saturated heterocycles. The van der Waals surface area contributed by atoms with Gasteiger partial charge in [-0.2, -0.15) is 0 Å². The monoisotopic (exact) mass is 419 g/mol. The van der Waals surface area contributed by atoms with E-state index in [1.807, 2.05) is 48.5 Å². The van der Waals surface area contributed by atoms with Crippen LogP contribution in [0, 0.1) is 0 Å². The number of benzene rings is 2. The maximum Gasteiger partial charge on any atom is 0.355 e. The van der Waals surface area contributed by atoms with Gasteiger partial charge in [0.1, 0.15) is 11.7 Å². The molecule has 0 saturated carbocycles. The highest BCUT2D eigenvalue weighted by molar-refractivity contribution is 5.96. The first-order valence-electron chi connectivity index (χ1n) is 9.72. The van der Waals surface area contributed by atoms with E-state index in [-0.39, 0.29) is 12.1 Å². The average Bonchev–Trinajstić information content (AvgIpc) is 3.41. The molecule has 1 amide bonds. The number of carbonyl (C=O) groups is 3. The fourth-order valence-corrected chi connectivity index (χ4v) is 3.48. The van der Waals surface area contributed by atoms with Gasteiger partial charge in [-0.1, -0.05) is 36.4 Å². The summed E-state index contributed by atoms with van der Waals surface area (Å²) < 4.78 is 9.92. The molecule has 4 rings (SSSR count). The van der Waals surface area contributed by atoms with Crippen LogP contribution < -0.4 is 5.32 Å². The number of carbonyl (C=O) groups excluding carboxylic acids is 3. The van der Waals surface area contributed by atoms with Gasteiger partial charge in [-0.25, -0.2) is 9.59 Å². The summed E-state index contributed by atoms with van der Waals surface area (Å²) >= 11 is 0. The Morgan fingerprint density at radius 2 is 1.77 bits per heavy atom. The molecule has 0 fully saturated rings. The molecular formula is C23H21N3O5. The Hall–Kier alpha value is -4.07. The summed E-state index contributed by atoms with van der Waals surface area (Å²) in [5.41, 5.74) is 2.83. The third-order valence-electron chi connectivity index (χ3n) is 5.00. The lowest BCUT2D eigenvalue weighted by Crippen LogP contribution is -2.44. The maximum absolute atomic E-state index is 12.4. The first-order valence-corrected chi connectivity index (χ1v) is 9.72. The van der Waals surface area contributed by atoms with Crippen LogP contribution in [0.2, 0.25) is 0 Å². The predicted octanol–water partition coefficient (Wildman–Crippen LogP) is 2.71. The van der Waals surface area contributed by atoms with E-state index in [4.69, 9.17) is 9.47 Å². The molecule has 3 N–H and O–H groups in total. The van der Waals surface area contributed by atoms with Crippen molar-refractivity contribution < 1.29 is 23.9 Å². The number of fused-ring (bicyclic) bond motifs is 2. The normalized spacial score (nSPS) is 11.9. The van der Waals surface area contributed by atoms with Crippen molar-refractivity contribution in [3.05, 3.63) is 72.1 Å². The summed E-state index contributed by atoms with van der Waals surface area (Å²) in [5, 5.41) is 4.41. The second kappa shape index (κ2) is 8.74. The fraction of sp³-hybridized carbons (Fsp3) is 0.174. The molecule has 0 aliphatic carbocycles. The number of aromatic amines is 2. The van der Waals surface area contributed by atoms with Gasteiger partial charge in [0.2, 0.25) is 0 Å². The van der Waals surface area contributed by atoms with Crippen molar-refractivity contribution in [1.29, 1.82) is 0 Å². The summed E-state index contributed by atoms with van der Waals surface area (Å²) in [6, 6.07) is 15.8. The molecule has 0 aliphatic heterocycles. The van der Waals surface area contributed by atoms with E-state index in [0.717, 1.165) is 27.4 Å². The predicted molar refractivity (Wildman–Crippen MR) is 115 cm³/mol. The van der Waals surface area contributed by atoms with E-state index in [2.05, 4.69) is 15.3 Å². The number of hydrogen-bond acceptors (Lipinski definition) is 5. The van der Waals surface area contributed by atoms with Gasteiger partial charge in [-0.05, 0) is 23.8 Å². The van der Waals surface area contributed by atoms with Crippen molar-refractivity contribution in [3.8, 4) is 0 Å². The van der Waals surface area contributed by atoms with Crippen molar-refractivity contribution in [2.75, 3.05) is 13.7 Å². The summed E-state index contributed by atoms with van der Waals surface area (Å²) in [6.07, 6.45) is 2.03. The first-order chi connectivity index (χ1) is 15.0. The number of amides is 1. The SMILES string of the molecule is COC(=O)[C@@H](Cc1c[nH]c2ccccc12)NC(=O)COC(=O)c1cc2ccccc2[nH]1. The van der Waals surface area contributed by atoms with Gasteiger partial charge in [-0.15, -0.1) is 0 Å². The Morgan fingerprint density at radius 1 is 1.03 bits per heavy atom. The lowest BCUT2D eigenvalue weighted by molar-refractivity contribution is -0.145. The standard InChI is InChI=1S/C23H21N3O5/c1-30-22(28)19(11-15-12-24-18-9-5-3-7-16(15)18)26-21(27)13-31-23(29)20-10-14-6-2-4-8-17(14)25-20/h2-10,12,19,24-25H,11,13H2,1H3,(H,26,27)/t19-/m1/s1. The van der Waals surface area contributed by atoms with Crippen molar-refractivity contribution in [2.24, 2.45) is 0 Å². The van der Waals surface area contributed by atoms with Gasteiger partial charge in [0.15, 0.2) is 6.61 Å². The molecule has 2 aromatic heterocycles. The first kappa shape index (κ1) is 20.2. The lowest BCUT2D eigenvalue weighted by atomic mass is 10.0. The third-order valence-corrected chi connectivity index (χ3v) is 5.00. The number of ether oxygens (including phenoxy) is 2. The van der Waals surface area contributed by atoms with E-state index in [0.29, 0.717) is 0 Å². The minimum Gasteiger partial charge on any atom is -0.467 e. The van der Waals surface area contributed by atoms with Crippen LogP contribution in [0.1, 0.15) is 16.1 Å². The molecule has 0 radical (unpaired) electrons. The smallest absolute Gasteiger partial charge is 0.355 e. The molecule has 8 nitrogen and oxygen atoms in total. The number of para-hydroxylation sites is 2. The van der Waals surface area contributed by atoms with E-state index < -0.39 is 30.5 Å². The van der Waals surface area contributed by atoms with Gasteiger partial charge >= 0.3 is 11.9 Å². The number of rotatable bonds is 7. The Labute approximate surface area is 177 Å². The highest BCUT2D eigenvalue weighted by atomic mass is 16.5. The minimum absolute atomic E-state index is 0.235. The number of methoxy groups -OCH3 is 1. The number of aromatic nitrogens is 2. The summed E-state index contributed by atoms with van der Waals surface area (Å²) in [7, 11) is 1.26. The molecule has 4 aromatic rings. The van der Waals surface area contributed by atoms with Gasteiger partial charge in [-0.3, -0.25) is 4.79 Å². The van der Waals surface area contributed by atoms with Crippen LogP contribution >= 0.6 is 0 Å². The van der Waals surface area contributed by atoms with Crippen LogP contribution in [-0.4, -0.2) is 47.6 Å². The molecule has 0 spiro atoms. The zero-order valence-electron chi connectivity index (χ0n) is 16.8. The molecule has 2 aromatic carbocycles. The third kappa shape index (κ3) is 4.42. The highest BCUT2D eigenvalue weighted by Crippen LogP contribution is 2.19. The van der Waals surface area contributed by atoms with Gasteiger partial charge < -0.3 is 24.8 Å². The van der Waals surface area contributed by atoms with Gasteiger partial charge in [0.05, 0.1) is 7.11 Å². The molecule has 1 atom stereocenters. The molecule has 0 bridgehead atoms. The molecule has 158 valence electrons. The summed E-state index contributed by atoms with van der Waals surface area (Å²) in [4.78, 5) is 42.9. The van der Waals surface area contributed by atoms with Crippen molar-refractivity contribution in [1.82, 2.24) is 15.3 Å². The molecule has 2 heterocycles. The molecular weight excluding hydrogens is 398 g/mol. The van der Waals surface area contributed by atoms with E-state index >= 15 is 0 Å². The molecule has 0 unspecified atom stereocenters. The van der Waals surface area contributed by atoms with E-state index in [1.165, 1.54) is 7.11 Å². The zero-order valence-corrected chi connectivity index (χ0v) is 16.8. The summed E-state index contributed by atoms with van der Waals surface area (Å²) in [5.74, 6) is -1.84. The lowest BCUT2D eigenvalue weighted by Gasteiger charge is -2.16. The average molecular weight is 419 g/mol. The Balaban J connectivity index is 1.39. The quantitative estimate of drug-likeness (QED) is 0.399. The zero-order chi connectivity index (χ0) is 21.8. The second-order valence-corrected chi connectivity index (χ2v) is 7.05. The van der Waals surface area contributed by atoms with Gasteiger partial charge in [0, 0.05) is 34.4 Å². The van der Waals surface area contributed by atoms with Crippen molar-refractivity contribution >= 4 is 39.7 Å². The molecule has 0 aliphatic rings. The summed E-state index contributed by atoms with van der Waals surface area (Å²) in [6.45, 7) is -0.518. The Kier molecular flexibility index (Phi) is 5.70. The Bertz CT molecular complexity index is 1220. The van der Waals surface area contributed by atoms with Crippen molar-refractivity contribution in [2.45, 2.75) is 12.5 Å². The molecule has 31 heavy (non-hydrogen) atoms. The number of nitrogens with one attached hydrogen (secondary N) is 3.